The summed E-state index contributed by atoms with van der Waals surface area (Å²) in [4.78, 5) is 15.1. The molecule has 1 amide bonds. The number of nitrogens with zero attached hydrogens (tertiary/aromatic N) is 1. The van der Waals surface area contributed by atoms with Gasteiger partial charge in [-0.25, -0.2) is 4.98 Å². The van der Waals surface area contributed by atoms with Crippen molar-refractivity contribution in [3.05, 3.63) is 11.1 Å². The van der Waals surface area contributed by atoms with Gasteiger partial charge in [0.25, 0.3) is 0 Å². The Hall–Kier alpha value is -0.790. The van der Waals surface area contributed by atoms with Crippen molar-refractivity contribution in [3.8, 4) is 0 Å². The number of aliphatic hydroxyl groups excluding tert-OH is 1. The van der Waals surface area contributed by atoms with E-state index >= 15 is 0 Å². The number of carbonyl (C=O) groups excluding carboxylic acids is 1. The number of anilines is 1. The highest BCUT2D eigenvalue weighted by atomic mass is 32.1. The highest BCUT2D eigenvalue weighted by Gasteiger charge is 2.36. The Balaban J connectivity index is 2.90. The second kappa shape index (κ2) is 7.12. The molecule has 1 aromatic rings. The van der Waals surface area contributed by atoms with E-state index in [1.165, 1.54) is 13.1 Å². The first-order valence-electron chi connectivity index (χ1n) is 5.73. The zero-order chi connectivity index (χ0) is 14.5. The predicted molar refractivity (Wildman–Crippen MR) is 72.2 cm³/mol. The number of aliphatic hydroxyl groups is 1. The molecule has 0 aliphatic heterocycles. The quantitative estimate of drug-likeness (QED) is 0.750. The van der Waals surface area contributed by atoms with Crippen LogP contribution >= 0.6 is 18.9 Å². The van der Waals surface area contributed by atoms with E-state index in [1.807, 2.05) is 0 Å². The maximum Gasteiger partial charge on any atom is 0.364 e. The molecule has 0 fully saturated rings. The largest absolute Gasteiger partial charge is 0.375 e. The number of carbonyl (C=O) groups is 1. The van der Waals surface area contributed by atoms with Crippen molar-refractivity contribution in [1.29, 1.82) is 0 Å². The van der Waals surface area contributed by atoms with Gasteiger partial charge in [0.1, 0.15) is 0 Å². The average molecular weight is 308 g/mol. The molecule has 19 heavy (non-hydrogen) atoms. The highest BCUT2D eigenvalue weighted by Crippen LogP contribution is 2.60. The smallest absolute Gasteiger partial charge is 0.364 e. The van der Waals surface area contributed by atoms with Gasteiger partial charge in [0.15, 0.2) is 11.0 Å². The molecular weight excluding hydrogens is 291 g/mol. The van der Waals surface area contributed by atoms with Crippen LogP contribution in [-0.2, 0) is 18.4 Å². The Morgan fingerprint density at radius 3 is 2.58 bits per heavy atom. The van der Waals surface area contributed by atoms with Crippen LogP contribution in [0.2, 0.25) is 0 Å². The average Bonchev–Trinajstić information content (AvgIpc) is 2.76. The van der Waals surface area contributed by atoms with Gasteiger partial charge in [0, 0.05) is 13.1 Å². The molecule has 0 aliphatic carbocycles. The third kappa shape index (κ3) is 4.36. The fourth-order valence-corrected chi connectivity index (χ4v) is 4.04. The summed E-state index contributed by atoms with van der Waals surface area (Å²) >= 11 is 1.02. The van der Waals surface area contributed by atoms with E-state index < -0.39 is 13.4 Å². The molecule has 0 bridgehead atoms. The molecule has 108 valence electrons. The van der Waals surface area contributed by atoms with Crippen LogP contribution < -0.4 is 5.32 Å². The van der Waals surface area contributed by atoms with Crippen LogP contribution in [0.1, 0.15) is 31.5 Å². The predicted octanol–water partition coefficient (Wildman–Crippen LogP) is 2.36. The van der Waals surface area contributed by atoms with Crippen LogP contribution in [0.4, 0.5) is 5.13 Å². The number of amides is 1. The van der Waals surface area contributed by atoms with Crippen LogP contribution in [-0.4, -0.2) is 29.2 Å². The van der Waals surface area contributed by atoms with E-state index in [1.54, 1.807) is 13.8 Å². The van der Waals surface area contributed by atoms with Crippen molar-refractivity contribution in [1.82, 2.24) is 4.98 Å². The first-order chi connectivity index (χ1) is 8.92. The Labute approximate surface area is 115 Å². The second-order valence-electron chi connectivity index (χ2n) is 3.50. The van der Waals surface area contributed by atoms with Crippen molar-refractivity contribution in [2.75, 3.05) is 18.5 Å². The normalized spacial score (nSPS) is 13.3. The lowest BCUT2D eigenvalue weighted by Gasteiger charge is -2.20. The third-order valence-corrected chi connectivity index (χ3v) is 5.23. The van der Waals surface area contributed by atoms with Crippen LogP contribution in [0.3, 0.4) is 0 Å². The first kappa shape index (κ1) is 16.3. The molecular formula is C10H17N2O5PS. The minimum Gasteiger partial charge on any atom is -0.375 e. The van der Waals surface area contributed by atoms with Gasteiger partial charge in [-0.15, -0.1) is 0 Å². The molecule has 0 saturated carbocycles. The highest BCUT2D eigenvalue weighted by molar-refractivity contribution is 7.54. The zero-order valence-corrected chi connectivity index (χ0v) is 12.7. The molecule has 0 aliphatic rings. The van der Waals surface area contributed by atoms with E-state index in [4.69, 9.17) is 9.05 Å². The Bertz CT molecular complexity index is 468. The van der Waals surface area contributed by atoms with E-state index in [9.17, 15) is 14.5 Å². The van der Waals surface area contributed by atoms with Crippen molar-refractivity contribution in [2.24, 2.45) is 0 Å². The van der Waals surface area contributed by atoms with Gasteiger partial charge in [-0.3, -0.25) is 9.36 Å². The van der Waals surface area contributed by atoms with Crippen molar-refractivity contribution in [2.45, 2.75) is 26.6 Å². The summed E-state index contributed by atoms with van der Waals surface area (Å²) in [5.41, 5.74) is 0. The molecule has 0 spiro atoms. The summed E-state index contributed by atoms with van der Waals surface area (Å²) < 4.78 is 22.4. The third-order valence-electron chi connectivity index (χ3n) is 1.98. The van der Waals surface area contributed by atoms with E-state index in [-0.39, 0.29) is 19.1 Å². The fraction of sp³-hybridized carbons (Fsp3) is 0.600. The SMILES string of the molecule is CCOP(=O)(OCC)C(O)c1cnc(NC(C)=O)s1. The molecule has 0 radical (unpaired) electrons. The second-order valence-corrected chi connectivity index (χ2v) is 6.65. The van der Waals surface area contributed by atoms with Crippen molar-refractivity contribution < 1.29 is 23.5 Å². The summed E-state index contributed by atoms with van der Waals surface area (Å²) in [5, 5.41) is 12.9. The topological polar surface area (TPSA) is 97.8 Å². The first-order valence-corrected chi connectivity index (χ1v) is 8.16. The standard InChI is InChI=1S/C10H17N2O5PS/c1-4-16-18(15,17-5-2)9(14)8-6-11-10(19-8)12-7(3)13/h6,9,14H,4-5H2,1-3H3,(H,11,12,13). The molecule has 0 saturated heterocycles. The zero-order valence-electron chi connectivity index (χ0n) is 11.0. The molecule has 1 unspecified atom stereocenters. The van der Waals surface area contributed by atoms with Gasteiger partial charge in [0.05, 0.1) is 18.1 Å². The molecule has 7 nitrogen and oxygen atoms in total. The Kier molecular flexibility index (Phi) is 6.09. The monoisotopic (exact) mass is 308 g/mol. The van der Waals surface area contributed by atoms with E-state index in [2.05, 4.69) is 10.3 Å². The number of aromatic nitrogens is 1. The minimum absolute atomic E-state index is 0.158. The summed E-state index contributed by atoms with van der Waals surface area (Å²) in [5.74, 6) is -1.68. The van der Waals surface area contributed by atoms with Gasteiger partial charge >= 0.3 is 7.60 Å². The molecule has 1 atom stereocenters. The molecule has 1 heterocycles. The maximum atomic E-state index is 12.3. The Morgan fingerprint density at radius 2 is 2.11 bits per heavy atom. The van der Waals surface area contributed by atoms with Gasteiger partial charge in [-0.2, -0.15) is 0 Å². The summed E-state index contributed by atoms with van der Waals surface area (Å²) in [6.45, 7) is 4.99. The molecule has 2 N–H and O–H groups in total. The summed E-state index contributed by atoms with van der Waals surface area (Å²) in [7, 11) is -3.64. The van der Waals surface area contributed by atoms with Crippen LogP contribution in [0.25, 0.3) is 0 Å². The lowest BCUT2D eigenvalue weighted by molar-refractivity contribution is -0.114. The van der Waals surface area contributed by atoms with Crippen molar-refractivity contribution in [3.63, 3.8) is 0 Å². The fourth-order valence-electron chi connectivity index (χ4n) is 1.31. The molecule has 9 heteroatoms. The number of rotatable bonds is 7. The number of thiazole rings is 1. The number of nitrogens with one attached hydrogen (secondary N) is 1. The Morgan fingerprint density at radius 1 is 1.53 bits per heavy atom. The van der Waals surface area contributed by atoms with Crippen LogP contribution in [0, 0.1) is 0 Å². The summed E-state index contributed by atoms with van der Waals surface area (Å²) in [6.07, 6.45) is 1.34. The summed E-state index contributed by atoms with van der Waals surface area (Å²) in [6, 6.07) is 0. The van der Waals surface area contributed by atoms with Gasteiger partial charge < -0.3 is 19.5 Å². The lowest BCUT2D eigenvalue weighted by atomic mass is 10.6. The molecule has 0 aromatic carbocycles. The van der Waals surface area contributed by atoms with Crippen LogP contribution in [0.5, 0.6) is 0 Å². The minimum atomic E-state index is -3.64. The van der Waals surface area contributed by atoms with Crippen LogP contribution in [0.15, 0.2) is 6.20 Å². The van der Waals surface area contributed by atoms with E-state index in [0.29, 0.717) is 10.0 Å². The number of hydrogen-bond acceptors (Lipinski definition) is 7. The van der Waals surface area contributed by atoms with E-state index in [0.717, 1.165) is 11.3 Å². The van der Waals surface area contributed by atoms with Crippen molar-refractivity contribution >= 4 is 30.0 Å². The van der Waals surface area contributed by atoms with Gasteiger partial charge in [-0.1, -0.05) is 11.3 Å². The lowest BCUT2D eigenvalue weighted by Crippen LogP contribution is -2.05. The molecule has 1 rings (SSSR count). The maximum absolute atomic E-state index is 12.3. The van der Waals surface area contributed by atoms with Gasteiger partial charge in [-0.05, 0) is 13.8 Å². The molecule has 1 aromatic heterocycles. The number of hydrogen-bond donors (Lipinski definition) is 2. The van der Waals surface area contributed by atoms with Gasteiger partial charge in [0.2, 0.25) is 5.91 Å².